The van der Waals surface area contributed by atoms with Crippen LogP contribution in [0.1, 0.15) is 18.4 Å². The van der Waals surface area contributed by atoms with Gasteiger partial charge in [0.15, 0.2) is 0 Å². The van der Waals surface area contributed by atoms with Gasteiger partial charge in [-0.15, -0.1) is 0 Å². The number of anilines is 1. The van der Waals surface area contributed by atoms with Gasteiger partial charge in [0.05, 0.1) is 0 Å². The fourth-order valence-electron chi connectivity index (χ4n) is 1.73. The second-order valence-corrected chi connectivity index (χ2v) is 4.77. The summed E-state index contributed by atoms with van der Waals surface area (Å²) in [4.78, 5) is 4.37. The molecule has 1 aromatic heterocycles. The van der Waals surface area contributed by atoms with Gasteiger partial charge in [-0.2, -0.15) is 0 Å². The molecular formula is C11H15BrN2O. The standard InChI is InChI=1S/C11H15BrN2O/c1-8-6-9(12)7-13-11(8)14-10-2-4-15-5-3-10/h6-7,10H,2-5H2,1H3,(H,13,14). The van der Waals surface area contributed by atoms with Gasteiger partial charge >= 0.3 is 0 Å². The Hall–Kier alpha value is -0.610. The minimum absolute atomic E-state index is 0.506. The third-order valence-corrected chi connectivity index (χ3v) is 3.04. The van der Waals surface area contributed by atoms with Gasteiger partial charge in [-0.1, -0.05) is 0 Å². The highest BCUT2D eigenvalue weighted by Crippen LogP contribution is 2.19. The van der Waals surface area contributed by atoms with E-state index in [4.69, 9.17) is 4.74 Å². The molecule has 3 nitrogen and oxygen atoms in total. The van der Waals surface area contributed by atoms with Gasteiger partial charge in [-0.25, -0.2) is 4.98 Å². The van der Waals surface area contributed by atoms with Crippen LogP contribution in [0.15, 0.2) is 16.7 Å². The van der Waals surface area contributed by atoms with Crippen molar-refractivity contribution >= 4 is 21.7 Å². The lowest BCUT2D eigenvalue weighted by atomic mass is 10.1. The Morgan fingerprint density at radius 3 is 2.87 bits per heavy atom. The van der Waals surface area contributed by atoms with Gasteiger partial charge in [-0.05, 0) is 47.3 Å². The predicted octanol–water partition coefficient (Wildman–Crippen LogP) is 2.74. The summed E-state index contributed by atoms with van der Waals surface area (Å²) in [5.74, 6) is 0.991. The highest BCUT2D eigenvalue weighted by atomic mass is 79.9. The molecule has 1 N–H and O–H groups in total. The van der Waals surface area contributed by atoms with E-state index in [9.17, 15) is 0 Å². The number of pyridine rings is 1. The minimum Gasteiger partial charge on any atom is -0.381 e. The van der Waals surface area contributed by atoms with E-state index in [2.05, 4.69) is 39.2 Å². The zero-order chi connectivity index (χ0) is 10.7. The molecule has 0 radical (unpaired) electrons. The molecule has 0 unspecified atom stereocenters. The van der Waals surface area contributed by atoms with Gasteiger partial charge in [0.25, 0.3) is 0 Å². The fraction of sp³-hybridized carbons (Fsp3) is 0.545. The van der Waals surface area contributed by atoms with E-state index >= 15 is 0 Å². The van der Waals surface area contributed by atoms with E-state index < -0.39 is 0 Å². The third kappa shape index (κ3) is 2.92. The molecule has 0 spiro atoms. The number of hydrogen-bond acceptors (Lipinski definition) is 3. The molecule has 82 valence electrons. The summed E-state index contributed by atoms with van der Waals surface area (Å²) in [7, 11) is 0. The van der Waals surface area contributed by atoms with Crippen LogP contribution in [0.3, 0.4) is 0 Å². The molecule has 0 bridgehead atoms. The van der Waals surface area contributed by atoms with E-state index in [-0.39, 0.29) is 0 Å². The SMILES string of the molecule is Cc1cc(Br)cnc1NC1CCOCC1. The van der Waals surface area contributed by atoms with Crippen LogP contribution >= 0.6 is 15.9 Å². The van der Waals surface area contributed by atoms with Gasteiger partial charge in [-0.3, -0.25) is 0 Å². The summed E-state index contributed by atoms with van der Waals surface area (Å²) in [5.41, 5.74) is 1.18. The van der Waals surface area contributed by atoms with E-state index in [1.807, 2.05) is 6.20 Å². The molecule has 15 heavy (non-hydrogen) atoms. The summed E-state index contributed by atoms with van der Waals surface area (Å²) in [5, 5.41) is 3.46. The average Bonchev–Trinajstić information content (AvgIpc) is 2.24. The Balaban J connectivity index is 2.03. The highest BCUT2D eigenvalue weighted by molar-refractivity contribution is 9.10. The number of hydrogen-bond donors (Lipinski definition) is 1. The number of aryl methyl sites for hydroxylation is 1. The zero-order valence-electron chi connectivity index (χ0n) is 8.79. The van der Waals surface area contributed by atoms with Crippen molar-refractivity contribution in [2.24, 2.45) is 0 Å². The van der Waals surface area contributed by atoms with Crippen LogP contribution < -0.4 is 5.32 Å². The normalized spacial score (nSPS) is 17.7. The zero-order valence-corrected chi connectivity index (χ0v) is 10.4. The number of nitrogens with zero attached hydrogens (tertiary/aromatic N) is 1. The molecule has 1 saturated heterocycles. The van der Waals surface area contributed by atoms with E-state index in [0.29, 0.717) is 6.04 Å². The lowest BCUT2D eigenvalue weighted by molar-refractivity contribution is 0.0904. The van der Waals surface area contributed by atoms with Gasteiger partial charge in [0.2, 0.25) is 0 Å². The Morgan fingerprint density at radius 2 is 2.20 bits per heavy atom. The third-order valence-electron chi connectivity index (χ3n) is 2.61. The number of halogens is 1. The number of aromatic nitrogens is 1. The maximum absolute atomic E-state index is 5.32. The van der Waals surface area contributed by atoms with Crippen molar-refractivity contribution in [2.45, 2.75) is 25.8 Å². The van der Waals surface area contributed by atoms with Gasteiger partial charge in [0, 0.05) is 29.9 Å². The molecule has 0 aromatic carbocycles. The van der Waals surface area contributed by atoms with Crippen molar-refractivity contribution in [3.05, 3.63) is 22.3 Å². The first-order chi connectivity index (χ1) is 7.25. The Bertz CT molecular complexity index is 337. The van der Waals surface area contributed by atoms with Crippen LogP contribution in [0.2, 0.25) is 0 Å². The summed E-state index contributed by atoms with van der Waals surface area (Å²) in [6.45, 7) is 3.78. The topological polar surface area (TPSA) is 34.2 Å². The minimum atomic E-state index is 0.506. The van der Waals surface area contributed by atoms with Crippen molar-refractivity contribution in [1.29, 1.82) is 0 Å². The molecule has 1 aliphatic heterocycles. The first-order valence-electron chi connectivity index (χ1n) is 5.22. The smallest absolute Gasteiger partial charge is 0.129 e. The molecule has 1 aromatic rings. The molecule has 1 fully saturated rings. The van der Waals surface area contributed by atoms with Crippen molar-refractivity contribution in [3.8, 4) is 0 Å². The van der Waals surface area contributed by atoms with Crippen LogP contribution in [-0.2, 0) is 4.74 Å². The molecule has 1 aliphatic rings. The lowest BCUT2D eigenvalue weighted by Gasteiger charge is -2.24. The second kappa shape index (κ2) is 4.94. The molecule has 0 amide bonds. The second-order valence-electron chi connectivity index (χ2n) is 3.85. The van der Waals surface area contributed by atoms with Crippen molar-refractivity contribution in [3.63, 3.8) is 0 Å². The largest absolute Gasteiger partial charge is 0.381 e. The monoisotopic (exact) mass is 270 g/mol. The van der Waals surface area contributed by atoms with E-state index in [1.54, 1.807) is 0 Å². The molecular weight excluding hydrogens is 256 g/mol. The maximum atomic E-state index is 5.32. The van der Waals surface area contributed by atoms with Gasteiger partial charge < -0.3 is 10.1 Å². The van der Waals surface area contributed by atoms with E-state index in [1.165, 1.54) is 5.56 Å². The Kier molecular flexibility index (Phi) is 3.59. The van der Waals surface area contributed by atoms with Crippen LogP contribution in [0.25, 0.3) is 0 Å². The summed E-state index contributed by atoms with van der Waals surface area (Å²) in [6, 6.07) is 2.58. The number of ether oxygens (including phenoxy) is 1. The molecule has 2 heterocycles. The van der Waals surface area contributed by atoms with Crippen LogP contribution in [0, 0.1) is 6.92 Å². The first kappa shape index (κ1) is 10.9. The quantitative estimate of drug-likeness (QED) is 0.898. The molecule has 0 atom stereocenters. The van der Waals surface area contributed by atoms with Crippen molar-refractivity contribution < 1.29 is 4.74 Å². The highest BCUT2D eigenvalue weighted by Gasteiger charge is 2.14. The molecule has 2 rings (SSSR count). The Morgan fingerprint density at radius 1 is 1.47 bits per heavy atom. The van der Waals surface area contributed by atoms with Crippen LogP contribution in [0.4, 0.5) is 5.82 Å². The predicted molar refractivity (Wildman–Crippen MR) is 64.1 cm³/mol. The number of rotatable bonds is 2. The lowest BCUT2D eigenvalue weighted by Crippen LogP contribution is -2.28. The van der Waals surface area contributed by atoms with Crippen LogP contribution in [0.5, 0.6) is 0 Å². The molecule has 0 aliphatic carbocycles. The summed E-state index contributed by atoms with van der Waals surface area (Å²) in [6.07, 6.45) is 3.96. The average molecular weight is 271 g/mol. The van der Waals surface area contributed by atoms with Gasteiger partial charge in [0.1, 0.15) is 5.82 Å². The molecule has 4 heteroatoms. The molecule has 0 saturated carbocycles. The maximum Gasteiger partial charge on any atom is 0.129 e. The van der Waals surface area contributed by atoms with Crippen LogP contribution in [-0.4, -0.2) is 24.2 Å². The van der Waals surface area contributed by atoms with Crippen molar-refractivity contribution in [2.75, 3.05) is 18.5 Å². The fourth-order valence-corrected chi connectivity index (χ4v) is 2.17. The Labute approximate surface area is 98.4 Å². The van der Waals surface area contributed by atoms with E-state index in [0.717, 1.165) is 36.3 Å². The summed E-state index contributed by atoms with van der Waals surface area (Å²) < 4.78 is 6.34. The number of nitrogens with one attached hydrogen (secondary N) is 1. The first-order valence-corrected chi connectivity index (χ1v) is 6.01. The van der Waals surface area contributed by atoms with Crippen molar-refractivity contribution in [1.82, 2.24) is 4.98 Å². The summed E-state index contributed by atoms with van der Waals surface area (Å²) >= 11 is 3.41.